The summed E-state index contributed by atoms with van der Waals surface area (Å²) in [4.78, 5) is 12.0. The lowest BCUT2D eigenvalue weighted by Crippen LogP contribution is -2.56. The molecular weight excluding hydrogens is 216 g/mol. The second-order valence-electron chi connectivity index (χ2n) is 5.01. The zero-order valence-electron chi connectivity index (χ0n) is 9.94. The standard InChI is InChI=1S/C14H16O3/c1-16-12(15)13(7-8-13)14(9-17-10-14)11-5-3-2-4-6-11/h2-6H,7-10H2,1H3. The van der Waals surface area contributed by atoms with Crippen molar-refractivity contribution in [3.8, 4) is 0 Å². The van der Waals surface area contributed by atoms with E-state index in [0.29, 0.717) is 13.2 Å². The van der Waals surface area contributed by atoms with Gasteiger partial charge < -0.3 is 9.47 Å². The predicted octanol–water partition coefficient (Wildman–Crippen LogP) is 1.91. The molecule has 1 aromatic carbocycles. The third-order valence-corrected chi connectivity index (χ3v) is 4.27. The molecule has 90 valence electrons. The first-order valence-corrected chi connectivity index (χ1v) is 5.97. The van der Waals surface area contributed by atoms with E-state index in [9.17, 15) is 4.79 Å². The minimum Gasteiger partial charge on any atom is -0.469 e. The lowest BCUT2D eigenvalue weighted by Gasteiger charge is -2.47. The van der Waals surface area contributed by atoms with Gasteiger partial charge in [0, 0.05) is 0 Å². The Balaban J connectivity index is 2.01. The average Bonchev–Trinajstić information content (AvgIpc) is 3.10. The van der Waals surface area contributed by atoms with Crippen molar-refractivity contribution in [2.24, 2.45) is 5.41 Å². The molecular formula is C14H16O3. The molecule has 1 aliphatic carbocycles. The number of hydrogen-bond acceptors (Lipinski definition) is 3. The van der Waals surface area contributed by atoms with Gasteiger partial charge in [-0.2, -0.15) is 0 Å². The third-order valence-electron chi connectivity index (χ3n) is 4.27. The maximum atomic E-state index is 12.0. The molecule has 1 saturated heterocycles. The van der Waals surface area contributed by atoms with E-state index in [0.717, 1.165) is 12.8 Å². The molecule has 0 radical (unpaired) electrons. The maximum absolute atomic E-state index is 12.0. The molecule has 2 fully saturated rings. The van der Waals surface area contributed by atoms with Crippen LogP contribution in [0.25, 0.3) is 0 Å². The Kier molecular flexibility index (Phi) is 2.26. The van der Waals surface area contributed by atoms with Gasteiger partial charge in [-0.15, -0.1) is 0 Å². The van der Waals surface area contributed by atoms with E-state index in [1.54, 1.807) is 0 Å². The topological polar surface area (TPSA) is 35.5 Å². The fraction of sp³-hybridized carbons (Fsp3) is 0.500. The van der Waals surface area contributed by atoms with Crippen LogP contribution in [-0.2, 0) is 19.7 Å². The van der Waals surface area contributed by atoms with E-state index >= 15 is 0 Å². The number of carbonyl (C=O) groups excluding carboxylic acids is 1. The molecule has 1 aliphatic heterocycles. The molecule has 0 aromatic heterocycles. The minimum absolute atomic E-state index is 0.0790. The smallest absolute Gasteiger partial charge is 0.312 e. The third kappa shape index (κ3) is 1.29. The first-order valence-electron chi connectivity index (χ1n) is 5.97. The van der Waals surface area contributed by atoms with Crippen LogP contribution in [0.5, 0.6) is 0 Å². The molecule has 1 heterocycles. The second-order valence-corrected chi connectivity index (χ2v) is 5.01. The van der Waals surface area contributed by atoms with Crippen LogP contribution in [0.2, 0.25) is 0 Å². The number of esters is 1. The Labute approximate surface area is 101 Å². The number of rotatable bonds is 3. The monoisotopic (exact) mass is 232 g/mol. The first-order chi connectivity index (χ1) is 8.25. The van der Waals surface area contributed by atoms with E-state index in [4.69, 9.17) is 9.47 Å². The molecule has 1 saturated carbocycles. The highest BCUT2D eigenvalue weighted by Gasteiger charge is 2.68. The van der Waals surface area contributed by atoms with Gasteiger partial charge >= 0.3 is 5.97 Å². The summed E-state index contributed by atoms with van der Waals surface area (Å²) >= 11 is 0. The average molecular weight is 232 g/mol. The van der Waals surface area contributed by atoms with Gasteiger partial charge in [0.2, 0.25) is 0 Å². The van der Waals surface area contributed by atoms with E-state index in [1.165, 1.54) is 12.7 Å². The van der Waals surface area contributed by atoms with Crippen LogP contribution in [0.15, 0.2) is 30.3 Å². The van der Waals surface area contributed by atoms with Crippen molar-refractivity contribution in [1.82, 2.24) is 0 Å². The summed E-state index contributed by atoms with van der Waals surface area (Å²) in [5.74, 6) is -0.0790. The minimum atomic E-state index is -0.332. The molecule has 0 spiro atoms. The zero-order valence-corrected chi connectivity index (χ0v) is 9.94. The molecule has 3 nitrogen and oxygen atoms in total. The largest absolute Gasteiger partial charge is 0.469 e. The summed E-state index contributed by atoms with van der Waals surface area (Å²) in [6.45, 7) is 1.26. The Morgan fingerprint density at radius 2 is 1.88 bits per heavy atom. The van der Waals surface area contributed by atoms with Crippen molar-refractivity contribution < 1.29 is 14.3 Å². The highest BCUT2D eigenvalue weighted by Crippen LogP contribution is 2.63. The highest BCUT2D eigenvalue weighted by atomic mass is 16.5. The Hall–Kier alpha value is -1.35. The van der Waals surface area contributed by atoms with Crippen LogP contribution in [0.4, 0.5) is 0 Å². The fourth-order valence-electron chi connectivity index (χ4n) is 2.98. The quantitative estimate of drug-likeness (QED) is 0.747. The van der Waals surface area contributed by atoms with Crippen molar-refractivity contribution in [2.75, 3.05) is 20.3 Å². The van der Waals surface area contributed by atoms with Gasteiger partial charge in [-0.3, -0.25) is 4.79 Å². The van der Waals surface area contributed by atoms with Crippen LogP contribution in [0.3, 0.4) is 0 Å². The molecule has 17 heavy (non-hydrogen) atoms. The van der Waals surface area contributed by atoms with Gasteiger partial charge in [0.1, 0.15) is 0 Å². The van der Waals surface area contributed by atoms with Gasteiger partial charge in [0.05, 0.1) is 31.2 Å². The summed E-state index contributed by atoms with van der Waals surface area (Å²) in [5, 5.41) is 0. The zero-order chi connectivity index (χ0) is 11.9. The molecule has 3 heteroatoms. The number of carbonyl (C=O) groups is 1. The lowest BCUT2D eigenvalue weighted by atomic mass is 9.66. The summed E-state index contributed by atoms with van der Waals surface area (Å²) in [5.41, 5.74) is 0.719. The van der Waals surface area contributed by atoms with Gasteiger partial charge in [-0.05, 0) is 18.4 Å². The summed E-state index contributed by atoms with van der Waals surface area (Å²) < 4.78 is 10.4. The van der Waals surface area contributed by atoms with E-state index in [-0.39, 0.29) is 16.8 Å². The molecule has 0 atom stereocenters. The van der Waals surface area contributed by atoms with E-state index < -0.39 is 0 Å². The first kappa shape index (κ1) is 10.8. The van der Waals surface area contributed by atoms with E-state index in [2.05, 4.69) is 12.1 Å². The summed E-state index contributed by atoms with van der Waals surface area (Å²) in [7, 11) is 1.47. The predicted molar refractivity (Wildman–Crippen MR) is 62.6 cm³/mol. The highest BCUT2D eigenvalue weighted by molar-refractivity contribution is 5.82. The Morgan fingerprint density at radius 3 is 2.29 bits per heavy atom. The fourth-order valence-corrected chi connectivity index (χ4v) is 2.98. The van der Waals surface area contributed by atoms with E-state index in [1.807, 2.05) is 18.2 Å². The number of ether oxygens (including phenoxy) is 2. The van der Waals surface area contributed by atoms with Crippen molar-refractivity contribution in [3.63, 3.8) is 0 Å². The number of methoxy groups -OCH3 is 1. The SMILES string of the molecule is COC(=O)C1(C2(c3ccccc3)COC2)CC1. The number of benzene rings is 1. The van der Waals surface area contributed by atoms with Gasteiger partial charge in [0.15, 0.2) is 0 Å². The molecule has 0 N–H and O–H groups in total. The lowest BCUT2D eigenvalue weighted by molar-refractivity contribution is -0.164. The molecule has 1 aromatic rings. The molecule has 0 bridgehead atoms. The summed E-state index contributed by atoms with van der Waals surface area (Å²) in [6, 6.07) is 10.2. The van der Waals surface area contributed by atoms with Crippen LogP contribution in [-0.4, -0.2) is 26.3 Å². The van der Waals surface area contributed by atoms with Crippen LogP contribution < -0.4 is 0 Å². The van der Waals surface area contributed by atoms with Crippen LogP contribution >= 0.6 is 0 Å². The van der Waals surface area contributed by atoms with Gasteiger partial charge in [0.25, 0.3) is 0 Å². The van der Waals surface area contributed by atoms with Crippen molar-refractivity contribution in [3.05, 3.63) is 35.9 Å². The van der Waals surface area contributed by atoms with Gasteiger partial charge in [-0.25, -0.2) is 0 Å². The molecule has 3 rings (SSSR count). The Morgan fingerprint density at radius 1 is 1.24 bits per heavy atom. The second kappa shape index (κ2) is 3.57. The van der Waals surface area contributed by atoms with Crippen LogP contribution in [0.1, 0.15) is 18.4 Å². The van der Waals surface area contributed by atoms with Crippen molar-refractivity contribution in [2.45, 2.75) is 18.3 Å². The van der Waals surface area contributed by atoms with Crippen molar-refractivity contribution >= 4 is 5.97 Å². The van der Waals surface area contributed by atoms with Crippen LogP contribution in [0, 0.1) is 5.41 Å². The number of hydrogen-bond donors (Lipinski definition) is 0. The maximum Gasteiger partial charge on any atom is 0.312 e. The normalized spacial score (nSPS) is 23.6. The molecule has 2 aliphatic rings. The molecule has 0 amide bonds. The van der Waals surface area contributed by atoms with Gasteiger partial charge in [-0.1, -0.05) is 30.3 Å². The Bertz CT molecular complexity index is 430. The molecule has 0 unspecified atom stereocenters. The van der Waals surface area contributed by atoms with Crippen molar-refractivity contribution in [1.29, 1.82) is 0 Å². The summed E-state index contributed by atoms with van der Waals surface area (Å²) in [6.07, 6.45) is 1.83.